The monoisotopic (exact) mass is 519 g/mol. The van der Waals surface area contributed by atoms with E-state index in [9.17, 15) is 0 Å². The van der Waals surface area contributed by atoms with Gasteiger partial charge in [0.25, 0.3) is 0 Å². The van der Waals surface area contributed by atoms with Gasteiger partial charge in [-0.3, -0.25) is 10.1 Å². The second-order valence-corrected chi connectivity index (χ2v) is 13.1. The van der Waals surface area contributed by atoms with Gasteiger partial charge in [-0.05, 0) is 67.7 Å². The summed E-state index contributed by atoms with van der Waals surface area (Å²) in [6.07, 6.45) is 14.5. The van der Waals surface area contributed by atoms with Gasteiger partial charge in [-0.1, -0.05) is 57.2 Å². The van der Waals surface area contributed by atoms with E-state index in [1.54, 1.807) is 11.1 Å². The fraction of sp³-hybridized carbons (Fsp3) is 0.645. The predicted octanol–water partition coefficient (Wildman–Crippen LogP) is 5.91. The Bertz CT molecular complexity index is 1030. The molecule has 0 unspecified atom stereocenters. The number of pyridine rings is 1. The number of nitrogens with zero attached hydrogens (tertiary/aromatic N) is 4. The standard InChI is InChI=1S/C31H45N5S/c1-22(26-16-29(33-31(17-26)25-9-10-25)11-8-24-6-4-3-5-7-24)35-18-27-20-36(21-28(27)19-35)23(2)34-14-12-30(37-32)13-15-34/h16-17,24-25,30H,1-15,18-21,32H2. The van der Waals surface area contributed by atoms with E-state index in [1.165, 1.54) is 91.8 Å². The largest absolute Gasteiger partial charge is 0.363 e. The lowest BCUT2D eigenvalue weighted by atomic mass is 9.85. The Hall–Kier alpha value is -1.92. The Balaban J connectivity index is 1.06. The predicted molar refractivity (Wildman–Crippen MR) is 156 cm³/mol. The third-order valence-corrected chi connectivity index (χ3v) is 10.4. The van der Waals surface area contributed by atoms with Crippen molar-refractivity contribution in [1.29, 1.82) is 0 Å². The quantitative estimate of drug-likeness (QED) is 0.323. The van der Waals surface area contributed by atoms with Crippen LogP contribution in [-0.4, -0.2) is 64.2 Å². The smallest absolute Gasteiger partial charge is 0.0970 e. The van der Waals surface area contributed by atoms with Crippen molar-refractivity contribution >= 4 is 17.6 Å². The number of aromatic nitrogens is 1. The van der Waals surface area contributed by atoms with Crippen LogP contribution in [0.4, 0.5) is 0 Å². The van der Waals surface area contributed by atoms with Gasteiger partial charge >= 0.3 is 0 Å². The number of aryl methyl sites for hydroxylation is 1. The summed E-state index contributed by atoms with van der Waals surface area (Å²) < 4.78 is 0. The van der Waals surface area contributed by atoms with E-state index in [4.69, 9.17) is 10.1 Å². The van der Waals surface area contributed by atoms with E-state index < -0.39 is 0 Å². The minimum atomic E-state index is 0.603. The number of piperidine rings is 1. The number of hydrogen-bond donors (Lipinski definition) is 1. The molecule has 5 nitrogen and oxygen atoms in total. The van der Waals surface area contributed by atoms with Crippen LogP contribution in [0.5, 0.6) is 0 Å². The second kappa shape index (κ2) is 11.1. The molecule has 3 fully saturated rings. The second-order valence-electron chi connectivity index (χ2n) is 12.2. The van der Waals surface area contributed by atoms with Gasteiger partial charge in [0.2, 0.25) is 0 Å². The highest BCUT2D eigenvalue weighted by Crippen LogP contribution is 2.41. The summed E-state index contributed by atoms with van der Waals surface area (Å²) >= 11 is 1.53. The lowest BCUT2D eigenvalue weighted by Gasteiger charge is -2.38. The molecular formula is C31H45N5S. The maximum Gasteiger partial charge on any atom is 0.0970 e. The van der Waals surface area contributed by atoms with Crippen LogP contribution in [0.2, 0.25) is 0 Å². The van der Waals surface area contributed by atoms with E-state index in [1.807, 2.05) is 0 Å². The number of likely N-dealkylation sites (tertiary alicyclic amines) is 1. The Kier molecular flexibility index (Phi) is 7.58. The third-order valence-electron chi connectivity index (χ3n) is 9.53. The zero-order chi connectivity index (χ0) is 25.4. The average molecular weight is 520 g/mol. The van der Waals surface area contributed by atoms with Crippen molar-refractivity contribution in [2.75, 3.05) is 39.3 Å². The van der Waals surface area contributed by atoms with Crippen molar-refractivity contribution in [2.45, 2.75) is 81.8 Å². The lowest BCUT2D eigenvalue weighted by molar-refractivity contribution is 0.207. The van der Waals surface area contributed by atoms with Gasteiger partial charge in [0.05, 0.1) is 5.82 Å². The highest BCUT2D eigenvalue weighted by molar-refractivity contribution is 7.97. The van der Waals surface area contributed by atoms with Crippen LogP contribution in [0.15, 0.2) is 42.3 Å². The summed E-state index contributed by atoms with van der Waals surface area (Å²) in [5, 5.41) is 6.42. The maximum atomic E-state index is 5.81. The number of nitrogens with two attached hydrogens (primary N) is 1. The fourth-order valence-corrected chi connectivity index (χ4v) is 7.39. The van der Waals surface area contributed by atoms with Gasteiger partial charge in [0, 0.05) is 73.1 Å². The van der Waals surface area contributed by atoms with Crippen LogP contribution >= 0.6 is 11.9 Å². The molecule has 6 heteroatoms. The van der Waals surface area contributed by atoms with Gasteiger partial charge in [0.1, 0.15) is 0 Å². The van der Waals surface area contributed by atoms with Crippen molar-refractivity contribution in [3.05, 3.63) is 59.2 Å². The molecule has 3 aliphatic heterocycles. The Morgan fingerprint density at radius 2 is 1.54 bits per heavy atom. The highest BCUT2D eigenvalue weighted by atomic mass is 32.2. The van der Waals surface area contributed by atoms with Crippen LogP contribution in [0.25, 0.3) is 5.70 Å². The SMILES string of the molecule is C=C(c1cc(CCC2CCCCC2)nc(C2CC2)c1)N1CC2=C(C1)CN(C(=C)N1CCC(SN)CC1)C2. The van der Waals surface area contributed by atoms with E-state index in [0.29, 0.717) is 11.2 Å². The first kappa shape index (κ1) is 25.4. The molecule has 2 N–H and O–H groups in total. The fourth-order valence-electron chi connectivity index (χ4n) is 6.91. The molecule has 5 aliphatic rings. The van der Waals surface area contributed by atoms with E-state index in [-0.39, 0.29) is 0 Å². The first-order valence-corrected chi connectivity index (χ1v) is 15.7. The molecular weight excluding hydrogens is 474 g/mol. The molecule has 1 saturated heterocycles. The minimum absolute atomic E-state index is 0.603. The van der Waals surface area contributed by atoms with E-state index in [0.717, 1.165) is 64.4 Å². The zero-order valence-corrected chi connectivity index (χ0v) is 23.4. The van der Waals surface area contributed by atoms with Gasteiger partial charge in [-0.25, -0.2) is 0 Å². The molecule has 1 aromatic rings. The lowest BCUT2D eigenvalue weighted by Crippen LogP contribution is -2.41. The van der Waals surface area contributed by atoms with Crippen molar-refractivity contribution in [1.82, 2.24) is 19.7 Å². The van der Waals surface area contributed by atoms with Crippen LogP contribution in [0.3, 0.4) is 0 Å². The molecule has 0 spiro atoms. The maximum absolute atomic E-state index is 5.81. The Labute approximate surface area is 228 Å². The van der Waals surface area contributed by atoms with E-state index >= 15 is 0 Å². The summed E-state index contributed by atoms with van der Waals surface area (Å²) in [5.41, 5.74) is 8.25. The summed E-state index contributed by atoms with van der Waals surface area (Å²) in [7, 11) is 0. The normalized spacial score (nSPS) is 23.2. The average Bonchev–Trinajstić information content (AvgIpc) is 3.61. The molecule has 0 aromatic carbocycles. The zero-order valence-electron chi connectivity index (χ0n) is 22.6. The van der Waals surface area contributed by atoms with Crippen LogP contribution in [-0.2, 0) is 6.42 Å². The van der Waals surface area contributed by atoms with Gasteiger partial charge < -0.3 is 14.7 Å². The molecule has 200 valence electrons. The molecule has 0 bridgehead atoms. The third kappa shape index (κ3) is 5.75. The van der Waals surface area contributed by atoms with Gasteiger partial charge in [-0.15, -0.1) is 0 Å². The van der Waals surface area contributed by atoms with Gasteiger partial charge in [0.15, 0.2) is 0 Å². The molecule has 0 amide bonds. The molecule has 37 heavy (non-hydrogen) atoms. The minimum Gasteiger partial charge on any atom is -0.363 e. The summed E-state index contributed by atoms with van der Waals surface area (Å²) in [6.45, 7) is 15.3. The van der Waals surface area contributed by atoms with Crippen LogP contribution in [0.1, 0.15) is 87.1 Å². The topological polar surface area (TPSA) is 48.6 Å². The van der Waals surface area contributed by atoms with Crippen molar-refractivity contribution < 1.29 is 0 Å². The van der Waals surface area contributed by atoms with Gasteiger partial charge in [-0.2, -0.15) is 0 Å². The molecule has 6 rings (SSSR count). The van der Waals surface area contributed by atoms with Crippen LogP contribution in [0, 0.1) is 5.92 Å². The van der Waals surface area contributed by atoms with Crippen LogP contribution < -0.4 is 5.14 Å². The molecule has 2 aliphatic carbocycles. The first-order valence-electron chi connectivity index (χ1n) is 14.8. The summed E-state index contributed by atoms with van der Waals surface area (Å²) in [5.74, 6) is 2.78. The Morgan fingerprint density at radius 3 is 2.19 bits per heavy atom. The number of rotatable bonds is 9. The molecule has 1 aromatic heterocycles. The van der Waals surface area contributed by atoms with E-state index in [2.05, 4.69) is 40.0 Å². The summed E-state index contributed by atoms with van der Waals surface area (Å²) in [6, 6.07) is 4.71. The summed E-state index contributed by atoms with van der Waals surface area (Å²) in [4.78, 5) is 12.6. The molecule has 4 heterocycles. The number of hydrogen-bond acceptors (Lipinski definition) is 6. The van der Waals surface area contributed by atoms with Crippen molar-refractivity contribution in [2.24, 2.45) is 11.1 Å². The molecule has 0 radical (unpaired) electrons. The Morgan fingerprint density at radius 1 is 0.865 bits per heavy atom. The van der Waals surface area contributed by atoms with Crippen molar-refractivity contribution in [3.8, 4) is 0 Å². The highest BCUT2D eigenvalue weighted by Gasteiger charge is 2.34. The molecule has 0 atom stereocenters. The molecule has 2 saturated carbocycles. The van der Waals surface area contributed by atoms with Crippen molar-refractivity contribution in [3.63, 3.8) is 0 Å². The first-order chi connectivity index (χ1) is 18.1.